The molecule has 1 aromatic carbocycles. The zero-order valence-corrected chi connectivity index (χ0v) is 14.7. The maximum absolute atomic E-state index is 12.2. The Morgan fingerprint density at radius 1 is 1.24 bits per heavy atom. The average molecular weight is 338 g/mol. The number of pyridine rings is 1. The Hall–Kier alpha value is -2.40. The van der Waals surface area contributed by atoms with Gasteiger partial charge in [-0.1, -0.05) is 30.3 Å². The van der Waals surface area contributed by atoms with Crippen LogP contribution in [0, 0.1) is 12.8 Å². The van der Waals surface area contributed by atoms with Crippen molar-refractivity contribution in [2.75, 3.05) is 31.5 Å². The molecule has 0 radical (unpaired) electrons. The molecule has 0 saturated carbocycles. The predicted octanol–water partition coefficient (Wildman–Crippen LogP) is 2.44. The van der Waals surface area contributed by atoms with Crippen LogP contribution < -0.4 is 10.6 Å². The monoisotopic (exact) mass is 338 g/mol. The van der Waals surface area contributed by atoms with Crippen molar-refractivity contribution in [3.63, 3.8) is 0 Å². The van der Waals surface area contributed by atoms with Crippen molar-refractivity contribution in [2.24, 2.45) is 5.92 Å². The molecule has 0 unspecified atom stereocenters. The van der Waals surface area contributed by atoms with E-state index in [1.165, 1.54) is 11.1 Å². The highest BCUT2D eigenvalue weighted by Gasteiger charge is 2.23. The standard InChI is InChI=1S/C20H26N4O/c1-16-6-2-3-7-18(16)13-23-20(25)15-24-11-9-17(14-24)12-22-19-8-4-5-10-21-19/h2-8,10,17H,9,11-15H2,1H3,(H,21,22)(H,23,25)/t17-/m0/s1. The van der Waals surface area contributed by atoms with Gasteiger partial charge in [-0.3, -0.25) is 9.69 Å². The minimum Gasteiger partial charge on any atom is -0.370 e. The molecule has 132 valence electrons. The highest BCUT2D eigenvalue weighted by atomic mass is 16.2. The molecular weight excluding hydrogens is 312 g/mol. The Bertz CT molecular complexity index is 689. The zero-order valence-electron chi connectivity index (χ0n) is 14.7. The van der Waals surface area contributed by atoms with Crippen LogP contribution in [-0.2, 0) is 11.3 Å². The van der Waals surface area contributed by atoms with Gasteiger partial charge in [0, 0.05) is 25.8 Å². The second-order valence-corrected chi connectivity index (χ2v) is 6.69. The summed E-state index contributed by atoms with van der Waals surface area (Å²) in [5.74, 6) is 1.57. The quantitative estimate of drug-likeness (QED) is 0.814. The first-order chi connectivity index (χ1) is 12.2. The van der Waals surface area contributed by atoms with Gasteiger partial charge >= 0.3 is 0 Å². The number of hydrogen-bond acceptors (Lipinski definition) is 4. The fourth-order valence-corrected chi connectivity index (χ4v) is 3.20. The van der Waals surface area contributed by atoms with Gasteiger partial charge in [0.2, 0.25) is 5.91 Å². The van der Waals surface area contributed by atoms with Gasteiger partial charge in [0.15, 0.2) is 0 Å². The molecule has 2 heterocycles. The lowest BCUT2D eigenvalue weighted by Crippen LogP contribution is -2.36. The summed E-state index contributed by atoms with van der Waals surface area (Å²) in [6.45, 7) is 5.99. The van der Waals surface area contributed by atoms with E-state index in [-0.39, 0.29) is 5.91 Å². The van der Waals surface area contributed by atoms with Crippen molar-refractivity contribution in [2.45, 2.75) is 19.9 Å². The minimum absolute atomic E-state index is 0.0987. The Morgan fingerprint density at radius 2 is 2.08 bits per heavy atom. The molecule has 1 fully saturated rings. The van der Waals surface area contributed by atoms with Gasteiger partial charge in [0.25, 0.3) is 0 Å². The molecule has 25 heavy (non-hydrogen) atoms. The van der Waals surface area contributed by atoms with E-state index in [1.807, 2.05) is 30.3 Å². The van der Waals surface area contributed by atoms with Gasteiger partial charge < -0.3 is 10.6 Å². The van der Waals surface area contributed by atoms with Gasteiger partial charge in [-0.15, -0.1) is 0 Å². The molecule has 3 rings (SSSR count). The number of aromatic nitrogens is 1. The second-order valence-electron chi connectivity index (χ2n) is 6.69. The van der Waals surface area contributed by atoms with Crippen molar-refractivity contribution in [3.8, 4) is 0 Å². The smallest absolute Gasteiger partial charge is 0.234 e. The molecule has 1 saturated heterocycles. The number of likely N-dealkylation sites (tertiary alicyclic amines) is 1. The van der Waals surface area contributed by atoms with Crippen molar-refractivity contribution < 1.29 is 4.79 Å². The molecular formula is C20H26N4O. The molecule has 2 aromatic rings. The van der Waals surface area contributed by atoms with Crippen LogP contribution in [0.25, 0.3) is 0 Å². The summed E-state index contributed by atoms with van der Waals surface area (Å²) in [7, 11) is 0. The Balaban J connectivity index is 1.37. The van der Waals surface area contributed by atoms with E-state index < -0.39 is 0 Å². The summed E-state index contributed by atoms with van der Waals surface area (Å²) < 4.78 is 0. The summed E-state index contributed by atoms with van der Waals surface area (Å²) in [5, 5.41) is 6.41. The predicted molar refractivity (Wildman–Crippen MR) is 100 cm³/mol. The molecule has 5 heteroatoms. The fraction of sp³-hybridized carbons (Fsp3) is 0.400. The molecule has 1 amide bonds. The second kappa shape index (κ2) is 8.62. The first-order valence-electron chi connectivity index (χ1n) is 8.89. The highest BCUT2D eigenvalue weighted by Crippen LogP contribution is 2.16. The molecule has 1 aliphatic rings. The van der Waals surface area contributed by atoms with E-state index in [4.69, 9.17) is 0 Å². The van der Waals surface area contributed by atoms with E-state index in [9.17, 15) is 4.79 Å². The maximum atomic E-state index is 12.2. The normalized spacial score (nSPS) is 17.4. The first kappa shape index (κ1) is 17.4. The number of hydrogen-bond donors (Lipinski definition) is 2. The summed E-state index contributed by atoms with van der Waals surface area (Å²) in [5.41, 5.74) is 2.39. The van der Waals surface area contributed by atoms with Gasteiger partial charge in [0.05, 0.1) is 6.54 Å². The topological polar surface area (TPSA) is 57.3 Å². The van der Waals surface area contributed by atoms with Crippen molar-refractivity contribution in [3.05, 3.63) is 59.8 Å². The first-order valence-corrected chi connectivity index (χ1v) is 8.89. The number of nitrogens with one attached hydrogen (secondary N) is 2. The number of amides is 1. The lowest BCUT2D eigenvalue weighted by atomic mass is 10.1. The van der Waals surface area contributed by atoms with Crippen LogP contribution in [-0.4, -0.2) is 42.0 Å². The number of carbonyl (C=O) groups excluding carboxylic acids is 1. The SMILES string of the molecule is Cc1ccccc1CNC(=O)CN1CC[C@@H](CNc2ccccn2)C1. The molecule has 0 spiro atoms. The third-order valence-electron chi connectivity index (χ3n) is 4.71. The number of aryl methyl sites for hydroxylation is 1. The van der Waals surface area contributed by atoms with Gasteiger partial charge in [-0.25, -0.2) is 4.98 Å². The summed E-state index contributed by atoms with van der Waals surface area (Å²) in [4.78, 5) is 18.7. The number of anilines is 1. The highest BCUT2D eigenvalue weighted by molar-refractivity contribution is 5.78. The molecule has 0 aliphatic carbocycles. The van der Waals surface area contributed by atoms with Crippen LogP contribution in [0.2, 0.25) is 0 Å². The van der Waals surface area contributed by atoms with Crippen LogP contribution in [0.4, 0.5) is 5.82 Å². The maximum Gasteiger partial charge on any atom is 0.234 e. The van der Waals surface area contributed by atoms with Gasteiger partial charge in [-0.05, 0) is 49.1 Å². The molecule has 1 aliphatic heterocycles. The Labute approximate surface area is 149 Å². The van der Waals surface area contributed by atoms with Crippen LogP contribution in [0.5, 0.6) is 0 Å². The molecule has 1 aromatic heterocycles. The summed E-state index contributed by atoms with van der Waals surface area (Å²) in [6, 6.07) is 14.0. The van der Waals surface area contributed by atoms with E-state index in [1.54, 1.807) is 6.20 Å². The molecule has 2 N–H and O–H groups in total. The zero-order chi connectivity index (χ0) is 17.5. The lowest BCUT2D eigenvalue weighted by Gasteiger charge is -2.16. The number of nitrogens with zero attached hydrogens (tertiary/aromatic N) is 2. The fourth-order valence-electron chi connectivity index (χ4n) is 3.20. The molecule has 5 nitrogen and oxygen atoms in total. The van der Waals surface area contributed by atoms with Crippen LogP contribution >= 0.6 is 0 Å². The van der Waals surface area contributed by atoms with Crippen LogP contribution in [0.3, 0.4) is 0 Å². The minimum atomic E-state index is 0.0987. The number of carbonyl (C=O) groups is 1. The van der Waals surface area contributed by atoms with Gasteiger partial charge in [-0.2, -0.15) is 0 Å². The largest absolute Gasteiger partial charge is 0.370 e. The number of benzene rings is 1. The van der Waals surface area contributed by atoms with E-state index >= 15 is 0 Å². The number of rotatable bonds is 7. The van der Waals surface area contributed by atoms with E-state index in [0.717, 1.165) is 31.9 Å². The van der Waals surface area contributed by atoms with Crippen molar-refractivity contribution in [1.29, 1.82) is 0 Å². The Morgan fingerprint density at radius 3 is 2.88 bits per heavy atom. The third-order valence-corrected chi connectivity index (χ3v) is 4.71. The Kier molecular flexibility index (Phi) is 6.01. The average Bonchev–Trinajstić information content (AvgIpc) is 3.07. The van der Waals surface area contributed by atoms with E-state index in [2.05, 4.69) is 39.6 Å². The van der Waals surface area contributed by atoms with Crippen LogP contribution in [0.15, 0.2) is 48.7 Å². The van der Waals surface area contributed by atoms with E-state index in [0.29, 0.717) is 19.0 Å². The summed E-state index contributed by atoms with van der Waals surface area (Å²) in [6.07, 6.45) is 2.91. The van der Waals surface area contributed by atoms with Crippen molar-refractivity contribution in [1.82, 2.24) is 15.2 Å². The third kappa shape index (κ3) is 5.29. The summed E-state index contributed by atoms with van der Waals surface area (Å²) >= 11 is 0. The van der Waals surface area contributed by atoms with Crippen molar-refractivity contribution >= 4 is 11.7 Å². The molecule has 0 bridgehead atoms. The van der Waals surface area contributed by atoms with Crippen LogP contribution in [0.1, 0.15) is 17.5 Å². The molecule has 1 atom stereocenters. The lowest BCUT2D eigenvalue weighted by molar-refractivity contribution is -0.122. The van der Waals surface area contributed by atoms with Gasteiger partial charge in [0.1, 0.15) is 5.82 Å².